The van der Waals surface area contributed by atoms with Gasteiger partial charge in [0, 0.05) is 25.6 Å². The smallest absolute Gasteiger partial charge is 0.322 e. The molecular formula is C19H18F2N4O2. The molecule has 8 heteroatoms. The van der Waals surface area contributed by atoms with Crippen LogP contribution >= 0.6 is 0 Å². The molecule has 27 heavy (non-hydrogen) atoms. The van der Waals surface area contributed by atoms with Crippen LogP contribution in [0.2, 0.25) is 0 Å². The van der Waals surface area contributed by atoms with Crippen LogP contribution in [0.3, 0.4) is 0 Å². The summed E-state index contributed by atoms with van der Waals surface area (Å²) in [7, 11) is 0. The topological polar surface area (TPSA) is 65.5 Å². The second-order valence-electron chi connectivity index (χ2n) is 7.15. The van der Waals surface area contributed by atoms with Gasteiger partial charge in [-0.1, -0.05) is 6.07 Å². The third-order valence-corrected chi connectivity index (χ3v) is 5.65. The minimum atomic E-state index is -0.997. The molecule has 1 saturated heterocycles. The van der Waals surface area contributed by atoms with Crippen LogP contribution in [-0.4, -0.2) is 39.8 Å². The van der Waals surface area contributed by atoms with Crippen molar-refractivity contribution in [1.29, 1.82) is 0 Å². The van der Waals surface area contributed by atoms with Gasteiger partial charge in [-0.2, -0.15) is 0 Å². The Bertz CT molecular complexity index is 986. The molecule has 1 aliphatic carbocycles. The minimum absolute atomic E-state index is 0. The van der Waals surface area contributed by atoms with Gasteiger partial charge in [0.25, 0.3) is 0 Å². The first-order valence-corrected chi connectivity index (χ1v) is 8.80. The molecule has 2 aliphatic heterocycles. The van der Waals surface area contributed by atoms with Crippen LogP contribution in [0.4, 0.5) is 19.3 Å². The zero-order valence-corrected chi connectivity index (χ0v) is 14.3. The normalized spacial score (nSPS) is 22.5. The Hall–Kier alpha value is -3.03. The lowest BCUT2D eigenvalue weighted by Crippen LogP contribution is -2.46. The molecule has 2 bridgehead atoms. The Kier molecular flexibility index (Phi) is 3.43. The number of fused-ring (bicyclic) bond motifs is 6. The van der Waals surface area contributed by atoms with Crippen LogP contribution in [0.25, 0.3) is 0 Å². The van der Waals surface area contributed by atoms with Gasteiger partial charge in [0.1, 0.15) is 6.54 Å². The molecule has 1 aromatic carbocycles. The van der Waals surface area contributed by atoms with E-state index >= 15 is 0 Å². The van der Waals surface area contributed by atoms with E-state index in [0.29, 0.717) is 6.54 Å². The molecule has 6 nitrogen and oxygen atoms in total. The number of hydrogen-bond donors (Lipinski definition) is 1. The zero-order valence-electron chi connectivity index (χ0n) is 14.3. The number of hydrogen-bond acceptors (Lipinski definition) is 3. The molecule has 0 saturated carbocycles. The van der Waals surface area contributed by atoms with E-state index in [1.54, 1.807) is 11.1 Å². The Balaban J connectivity index is 0.00000192. The second kappa shape index (κ2) is 5.73. The summed E-state index contributed by atoms with van der Waals surface area (Å²) in [5, 5.41) is 2.52. The summed E-state index contributed by atoms with van der Waals surface area (Å²) in [5.41, 5.74) is 2.40. The number of nitrogens with zero attached hydrogens (tertiary/aromatic N) is 3. The fourth-order valence-electron chi connectivity index (χ4n) is 4.35. The number of pyridine rings is 1. The summed E-state index contributed by atoms with van der Waals surface area (Å²) in [6.07, 6.45) is 2.56. The SMILES string of the molecule is O=C1Nc2ccc(F)c(F)c2CN1CC(=O)N1CC2C[C@@H]1c1ncccc12.[HH]. The highest BCUT2D eigenvalue weighted by atomic mass is 19.2. The number of likely N-dealkylation sites (tertiary alicyclic amines) is 1. The Morgan fingerprint density at radius 2 is 2.19 bits per heavy atom. The van der Waals surface area contributed by atoms with Crippen molar-refractivity contribution in [1.82, 2.24) is 14.8 Å². The molecule has 5 rings (SSSR count). The van der Waals surface area contributed by atoms with Crippen molar-refractivity contribution < 1.29 is 19.8 Å². The van der Waals surface area contributed by atoms with Crippen LogP contribution in [0.5, 0.6) is 0 Å². The van der Waals surface area contributed by atoms with Crippen LogP contribution < -0.4 is 5.32 Å². The van der Waals surface area contributed by atoms with E-state index in [4.69, 9.17) is 0 Å². The number of anilines is 1. The van der Waals surface area contributed by atoms with Gasteiger partial charge in [-0.25, -0.2) is 13.6 Å². The molecule has 140 valence electrons. The first kappa shape index (κ1) is 16.2. The summed E-state index contributed by atoms with van der Waals surface area (Å²) in [4.78, 5) is 32.5. The van der Waals surface area contributed by atoms with E-state index in [1.807, 2.05) is 12.1 Å². The van der Waals surface area contributed by atoms with Crippen molar-refractivity contribution in [3.63, 3.8) is 0 Å². The maximum absolute atomic E-state index is 14.1. The number of nitrogens with one attached hydrogen (secondary N) is 1. The third-order valence-electron chi connectivity index (χ3n) is 5.65. The van der Waals surface area contributed by atoms with Gasteiger partial charge in [0.15, 0.2) is 11.6 Å². The highest BCUT2D eigenvalue weighted by molar-refractivity contribution is 5.95. The fourth-order valence-corrected chi connectivity index (χ4v) is 4.35. The van der Waals surface area contributed by atoms with E-state index < -0.39 is 17.7 Å². The predicted octanol–water partition coefficient (Wildman–Crippen LogP) is 3.02. The lowest BCUT2D eigenvalue weighted by molar-refractivity contribution is -0.133. The summed E-state index contributed by atoms with van der Waals surface area (Å²) in [6, 6.07) is 5.67. The average Bonchev–Trinajstić information content (AvgIpc) is 3.26. The van der Waals surface area contributed by atoms with E-state index in [9.17, 15) is 18.4 Å². The molecule has 1 aromatic heterocycles. The number of benzene rings is 1. The maximum Gasteiger partial charge on any atom is 0.322 e. The van der Waals surface area contributed by atoms with Gasteiger partial charge in [0.2, 0.25) is 5.91 Å². The van der Waals surface area contributed by atoms with Crippen molar-refractivity contribution in [2.75, 3.05) is 18.4 Å². The molecule has 3 heterocycles. The van der Waals surface area contributed by atoms with Crippen molar-refractivity contribution >= 4 is 17.6 Å². The first-order chi connectivity index (χ1) is 13.0. The fraction of sp³-hybridized carbons (Fsp3) is 0.316. The highest BCUT2D eigenvalue weighted by Crippen LogP contribution is 2.49. The van der Waals surface area contributed by atoms with Crippen molar-refractivity contribution in [2.24, 2.45) is 0 Å². The molecule has 1 N–H and O–H groups in total. The molecule has 2 aromatic rings. The minimum Gasteiger partial charge on any atom is -0.332 e. The lowest BCUT2D eigenvalue weighted by Gasteiger charge is -2.33. The molecule has 2 atom stereocenters. The quantitative estimate of drug-likeness (QED) is 0.881. The monoisotopic (exact) mass is 372 g/mol. The van der Waals surface area contributed by atoms with Gasteiger partial charge < -0.3 is 15.1 Å². The van der Waals surface area contributed by atoms with Crippen LogP contribution in [-0.2, 0) is 11.3 Å². The molecule has 0 radical (unpaired) electrons. The highest BCUT2D eigenvalue weighted by Gasteiger charge is 2.45. The standard InChI is InChI=1S/C19H16F2N4O2.H2/c20-13-3-4-14-12(17(13)21)8-24(19(27)23-14)9-16(26)25-7-10-6-15(25)18-11(10)2-1-5-22-18;/h1-5,10,15H,6-9H2,(H,23,27);1H/t10?,15-;/m1./s1. The van der Waals surface area contributed by atoms with E-state index in [2.05, 4.69) is 10.3 Å². The Morgan fingerprint density at radius 1 is 1.33 bits per heavy atom. The van der Waals surface area contributed by atoms with Gasteiger partial charge in [-0.15, -0.1) is 0 Å². The zero-order chi connectivity index (χ0) is 18.7. The number of carbonyl (C=O) groups excluding carboxylic acids is 2. The summed E-state index contributed by atoms with van der Waals surface area (Å²) in [6.45, 7) is 0.261. The first-order valence-electron chi connectivity index (χ1n) is 8.80. The number of urea groups is 1. The van der Waals surface area contributed by atoms with E-state index in [1.165, 1.54) is 16.5 Å². The molecule has 1 fully saturated rings. The number of carbonyl (C=O) groups is 2. The van der Waals surface area contributed by atoms with E-state index in [-0.39, 0.29) is 43.6 Å². The van der Waals surface area contributed by atoms with Crippen molar-refractivity contribution in [2.45, 2.75) is 24.9 Å². The number of amides is 3. The molecular weight excluding hydrogens is 354 g/mol. The maximum atomic E-state index is 14.1. The molecule has 3 amide bonds. The van der Waals surface area contributed by atoms with Crippen molar-refractivity contribution in [3.05, 3.63) is 58.9 Å². The second-order valence-corrected chi connectivity index (χ2v) is 7.15. The average molecular weight is 372 g/mol. The number of aromatic nitrogens is 1. The summed E-state index contributed by atoms with van der Waals surface area (Å²) >= 11 is 0. The van der Waals surface area contributed by atoms with Gasteiger partial charge in [-0.3, -0.25) is 9.78 Å². The summed E-state index contributed by atoms with van der Waals surface area (Å²) in [5.74, 6) is -1.92. The Labute approximate surface area is 155 Å². The number of rotatable bonds is 2. The number of halogens is 2. The molecule has 3 aliphatic rings. The van der Waals surface area contributed by atoms with Gasteiger partial charge >= 0.3 is 6.03 Å². The van der Waals surface area contributed by atoms with E-state index in [0.717, 1.165) is 18.2 Å². The molecule has 0 spiro atoms. The largest absolute Gasteiger partial charge is 0.332 e. The van der Waals surface area contributed by atoms with Gasteiger partial charge in [0.05, 0.1) is 24.0 Å². The predicted molar refractivity (Wildman–Crippen MR) is 93.9 cm³/mol. The van der Waals surface area contributed by atoms with Crippen molar-refractivity contribution in [3.8, 4) is 0 Å². The molecule has 1 unspecified atom stereocenters. The lowest BCUT2D eigenvalue weighted by atomic mass is 10.0. The van der Waals surface area contributed by atoms with Crippen LogP contribution in [0.15, 0.2) is 30.5 Å². The van der Waals surface area contributed by atoms with Crippen LogP contribution in [0, 0.1) is 11.6 Å². The summed E-state index contributed by atoms with van der Waals surface area (Å²) < 4.78 is 27.5. The Morgan fingerprint density at radius 3 is 3.04 bits per heavy atom. The van der Waals surface area contributed by atoms with Gasteiger partial charge in [-0.05, 0) is 30.2 Å². The third kappa shape index (κ3) is 2.39. The van der Waals surface area contributed by atoms with Crippen LogP contribution in [0.1, 0.15) is 36.6 Å².